The van der Waals surface area contributed by atoms with E-state index in [1.54, 1.807) is 0 Å². The maximum Gasteiger partial charge on any atom is 0.328 e. The third-order valence-corrected chi connectivity index (χ3v) is 6.47. The summed E-state index contributed by atoms with van der Waals surface area (Å²) in [7, 11) is -3.76. The van der Waals surface area contributed by atoms with Crippen LogP contribution < -0.4 is 10.5 Å². The molecule has 114 valence electrons. The van der Waals surface area contributed by atoms with Crippen LogP contribution in [0, 0.1) is 0 Å². The first-order valence-electron chi connectivity index (χ1n) is 5.63. The van der Waals surface area contributed by atoms with Gasteiger partial charge in [-0.2, -0.15) is 0 Å². The fourth-order valence-electron chi connectivity index (χ4n) is 1.47. The summed E-state index contributed by atoms with van der Waals surface area (Å²) in [5, 5.41) is 17.0. The van der Waals surface area contributed by atoms with Gasteiger partial charge in [0, 0.05) is 5.39 Å². The zero-order valence-electron chi connectivity index (χ0n) is 11.0. The minimum absolute atomic E-state index is 0.0292. The molecule has 21 heavy (non-hydrogen) atoms. The molecule has 0 fully saturated rings. The number of nitrogens with two attached hydrogens (primary N) is 1. The Morgan fingerprint density at radius 1 is 1.29 bits per heavy atom. The lowest BCUT2D eigenvalue weighted by molar-refractivity contribution is -0.143. The SMILES string of the molecule is CC(C)(NC(=O)c1cc2cc(S(N)(=O)=O)sc2s1)C(=O)O. The average Bonchev–Trinajstić information content (AvgIpc) is 2.83. The van der Waals surface area contributed by atoms with Crippen LogP contribution in [0.1, 0.15) is 23.5 Å². The van der Waals surface area contributed by atoms with Crippen molar-refractivity contribution in [3.05, 3.63) is 17.0 Å². The molecule has 0 saturated heterocycles. The van der Waals surface area contributed by atoms with E-state index in [1.165, 1.54) is 26.0 Å². The minimum atomic E-state index is -3.76. The Hall–Kier alpha value is -1.49. The fraction of sp³-hybridized carbons (Fsp3) is 0.273. The summed E-state index contributed by atoms with van der Waals surface area (Å²) in [5.41, 5.74) is -1.39. The molecular weight excluding hydrogens is 336 g/mol. The lowest BCUT2D eigenvalue weighted by Gasteiger charge is -2.20. The van der Waals surface area contributed by atoms with Crippen molar-refractivity contribution in [2.45, 2.75) is 23.6 Å². The molecule has 0 spiro atoms. The number of aliphatic carboxylic acids is 1. The van der Waals surface area contributed by atoms with Gasteiger partial charge in [-0.3, -0.25) is 4.79 Å². The van der Waals surface area contributed by atoms with E-state index in [0.717, 1.165) is 22.7 Å². The van der Waals surface area contributed by atoms with Crippen LogP contribution >= 0.6 is 22.7 Å². The number of carboxylic acids is 1. The summed E-state index contributed by atoms with van der Waals surface area (Å²) in [6.45, 7) is 2.75. The number of primary sulfonamides is 1. The van der Waals surface area contributed by atoms with E-state index in [9.17, 15) is 18.0 Å². The molecule has 0 unspecified atom stereocenters. The number of carbonyl (C=O) groups excluding carboxylic acids is 1. The van der Waals surface area contributed by atoms with E-state index in [1.807, 2.05) is 0 Å². The molecule has 0 bridgehead atoms. The van der Waals surface area contributed by atoms with Crippen LogP contribution in [0.2, 0.25) is 0 Å². The molecule has 0 saturated carbocycles. The number of hydrogen-bond donors (Lipinski definition) is 3. The molecule has 0 radical (unpaired) electrons. The van der Waals surface area contributed by atoms with Crippen LogP contribution in [-0.4, -0.2) is 30.9 Å². The quantitative estimate of drug-likeness (QED) is 0.765. The number of fused-ring (bicyclic) bond motifs is 1. The lowest BCUT2D eigenvalue weighted by atomic mass is 10.1. The number of carbonyl (C=O) groups is 2. The van der Waals surface area contributed by atoms with Crippen molar-refractivity contribution in [3.8, 4) is 0 Å². The van der Waals surface area contributed by atoms with Crippen molar-refractivity contribution in [1.82, 2.24) is 5.32 Å². The number of amides is 1. The summed E-state index contributed by atoms with van der Waals surface area (Å²) in [6, 6.07) is 2.91. The van der Waals surface area contributed by atoms with Gasteiger partial charge in [0.25, 0.3) is 5.91 Å². The van der Waals surface area contributed by atoms with E-state index in [-0.39, 0.29) is 4.21 Å². The topological polar surface area (TPSA) is 127 Å². The van der Waals surface area contributed by atoms with Gasteiger partial charge in [-0.05, 0) is 26.0 Å². The molecule has 2 aromatic heterocycles. The van der Waals surface area contributed by atoms with Crippen LogP contribution in [0.5, 0.6) is 0 Å². The Bertz CT molecular complexity index is 800. The first kappa shape index (κ1) is 15.9. The van der Waals surface area contributed by atoms with E-state index >= 15 is 0 Å². The zero-order chi connectivity index (χ0) is 16.0. The number of carboxylic acid groups (broad SMARTS) is 1. The molecule has 2 aromatic rings. The molecule has 10 heteroatoms. The molecular formula is C11H12N2O5S3. The summed E-state index contributed by atoms with van der Waals surface area (Å²) < 4.78 is 23.1. The van der Waals surface area contributed by atoms with E-state index in [4.69, 9.17) is 10.2 Å². The van der Waals surface area contributed by atoms with Crippen molar-refractivity contribution in [1.29, 1.82) is 0 Å². The molecule has 1 amide bonds. The van der Waals surface area contributed by atoms with Gasteiger partial charge in [-0.1, -0.05) is 0 Å². The highest BCUT2D eigenvalue weighted by atomic mass is 32.2. The highest BCUT2D eigenvalue weighted by molar-refractivity contribution is 7.91. The first-order valence-corrected chi connectivity index (χ1v) is 8.81. The normalized spacial score (nSPS) is 12.5. The van der Waals surface area contributed by atoms with E-state index in [2.05, 4.69) is 5.32 Å². The smallest absolute Gasteiger partial charge is 0.328 e. The third-order valence-electron chi connectivity index (χ3n) is 2.66. The number of hydrogen-bond acceptors (Lipinski definition) is 6. The second-order valence-electron chi connectivity index (χ2n) is 4.85. The Morgan fingerprint density at radius 2 is 1.90 bits per heavy atom. The second kappa shape index (κ2) is 5.05. The van der Waals surface area contributed by atoms with Crippen molar-refractivity contribution in [2.75, 3.05) is 0 Å². The summed E-state index contributed by atoms with van der Waals surface area (Å²) in [6.07, 6.45) is 0. The van der Waals surface area contributed by atoms with Gasteiger partial charge >= 0.3 is 5.97 Å². The Balaban J connectivity index is 2.30. The number of nitrogens with one attached hydrogen (secondary N) is 1. The van der Waals surface area contributed by atoms with Gasteiger partial charge in [0.15, 0.2) is 0 Å². The number of thiophene rings is 2. The maximum atomic E-state index is 12.0. The summed E-state index contributed by atoms with van der Waals surface area (Å²) in [4.78, 5) is 23.3. The number of sulfonamides is 1. The van der Waals surface area contributed by atoms with E-state index in [0.29, 0.717) is 14.3 Å². The monoisotopic (exact) mass is 348 g/mol. The third kappa shape index (κ3) is 3.23. The van der Waals surface area contributed by atoms with Crippen LogP contribution in [0.4, 0.5) is 0 Å². The van der Waals surface area contributed by atoms with Crippen molar-refractivity contribution >= 4 is 54.0 Å². The van der Waals surface area contributed by atoms with Crippen LogP contribution in [0.25, 0.3) is 9.40 Å². The highest BCUT2D eigenvalue weighted by Crippen LogP contribution is 2.35. The first-order chi connectivity index (χ1) is 9.50. The van der Waals surface area contributed by atoms with Crippen molar-refractivity contribution < 1.29 is 23.1 Å². The van der Waals surface area contributed by atoms with Gasteiger partial charge in [0.1, 0.15) is 9.75 Å². The predicted octanol–water partition coefficient (Wildman–Crippen LogP) is 1.20. The van der Waals surface area contributed by atoms with Crippen LogP contribution in [0.15, 0.2) is 16.3 Å². The maximum absolute atomic E-state index is 12.0. The Labute approximate surface area is 128 Å². The Morgan fingerprint density at radius 3 is 2.38 bits per heavy atom. The van der Waals surface area contributed by atoms with Gasteiger partial charge in [-0.15, -0.1) is 22.7 Å². The van der Waals surface area contributed by atoms with Crippen LogP contribution in [0.3, 0.4) is 0 Å². The van der Waals surface area contributed by atoms with Gasteiger partial charge in [0.2, 0.25) is 10.0 Å². The number of rotatable bonds is 4. The average molecular weight is 348 g/mol. The second-order valence-corrected chi connectivity index (χ2v) is 9.00. The summed E-state index contributed by atoms with van der Waals surface area (Å²) in [5.74, 6) is -1.67. The molecule has 0 aliphatic carbocycles. The molecule has 0 atom stereocenters. The largest absolute Gasteiger partial charge is 0.480 e. The zero-order valence-corrected chi connectivity index (χ0v) is 13.5. The molecule has 0 aromatic carbocycles. The standard InChI is InChI=1S/C11H12N2O5S3/c1-11(2,10(15)16)13-8(14)6-3-5-4-7(21(12,17)18)20-9(5)19-6/h3-4H,1-2H3,(H,13,14)(H,15,16)(H2,12,17,18). The molecule has 0 aliphatic heterocycles. The highest BCUT2D eigenvalue weighted by Gasteiger charge is 2.30. The molecule has 2 heterocycles. The molecule has 4 N–H and O–H groups in total. The van der Waals surface area contributed by atoms with Crippen molar-refractivity contribution in [2.24, 2.45) is 5.14 Å². The summed E-state index contributed by atoms with van der Waals surface area (Å²) >= 11 is 2.06. The molecule has 2 rings (SSSR count). The predicted molar refractivity (Wildman–Crippen MR) is 80.3 cm³/mol. The van der Waals surface area contributed by atoms with Gasteiger partial charge < -0.3 is 10.4 Å². The fourth-order valence-corrected chi connectivity index (χ4v) is 4.71. The van der Waals surface area contributed by atoms with Crippen LogP contribution in [-0.2, 0) is 14.8 Å². The molecule has 0 aliphatic rings. The van der Waals surface area contributed by atoms with Crippen molar-refractivity contribution in [3.63, 3.8) is 0 Å². The van der Waals surface area contributed by atoms with Gasteiger partial charge in [0.05, 0.1) is 8.89 Å². The molecule has 7 nitrogen and oxygen atoms in total. The Kier molecular flexibility index (Phi) is 3.82. The minimum Gasteiger partial charge on any atom is -0.480 e. The lowest BCUT2D eigenvalue weighted by Crippen LogP contribution is -2.49. The van der Waals surface area contributed by atoms with E-state index < -0.39 is 27.4 Å². The van der Waals surface area contributed by atoms with Gasteiger partial charge in [-0.25, -0.2) is 18.4 Å².